The summed E-state index contributed by atoms with van der Waals surface area (Å²) in [5.41, 5.74) is 1.98. The van der Waals surface area contributed by atoms with Crippen molar-refractivity contribution in [1.82, 2.24) is 4.83 Å². The number of hydrogen-bond donors (Lipinski definition) is 1. The lowest BCUT2D eigenvalue weighted by atomic mass is 10.2. The number of hydrazone groups is 1. The van der Waals surface area contributed by atoms with Crippen LogP contribution in [-0.4, -0.2) is 14.6 Å². The molecule has 0 aliphatic carbocycles. The van der Waals surface area contributed by atoms with Crippen LogP contribution in [0.15, 0.2) is 64.6 Å². The Hall–Kier alpha value is -2.14. The van der Waals surface area contributed by atoms with Crippen LogP contribution < -0.4 is 4.83 Å². The van der Waals surface area contributed by atoms with E-state index in [4.69, 9.17) is 0 Å². The smallest absolute Gasteiger partial charge is 0.200 e. The summed E-state index contributed by atoms with van der Waals surface area (Å²) in [6.45, 7) is 1.99. The van der Waals surface area contributed by atoms with Crippen molar-refractivity contribution in [3.05, 3.63) is 65.7 Å². The zero-order chi connectivity index (χ0) is 13.7. The van der Waals surface area contributed by atoms with E-state index in [1.165, 1.54) is 18.3 Å². The zero-order valence-corrected chi connectivity index (χ0v) is 11.3. The van der Waals surface area contributed by atoms with Crippen molar-refractivity contribution in [3.63, 3.8) is 0 Å². The average molecular weight is 274 g/mol. The lowest BCUT2D eigenvalue weighted by Crippen LogP contribution is -2.18. The second-order valence-electron chi connectivity index (χ2n) is 4.08. The summed E-state index contributed by atoms with van der Waals surface area (Å²) in [5, 5.41) is 3.76. The number of hydrogen-bond acceptors (Lipinski definition) is 3. The van der Waals surface area contributed by atoms with Gasteiger partial charge in [-0.25, -0.2) is 4.83 Å². The largest absolute Gasteiger partial charge is 0.276 e. The number of aryl methyl sites for hydroxylation is 1. The average Bonchev–Trinajstić information content (AvgIpc) is 2.42. The Morgan fingerprint density at radius 3 is 2.26 bits per heavy atom. The Labute approximate surface area is 112 Å². The van der Waals surface area contributed by atoms with Crippen LogP contribution in [0.4, 0.5) is 0 Å². The second-order valence-corrected chi connectivity index (χ2v) is 5.74. The van der Waals surface area contributed by atoms with Gasteiger partial charge in [-0.3, -0.25) is 0 Å². The fourth-order valence-corrected chi connectivity index (χ4v) is 2.29. The van der Waals surface area contributed by atoms with Crippen LogP contribution in [-0.2, 0) is 10.0 Å². The fourth-order valence-electron chi connectivity index (χ4n) is 1.48. The molecule has 0 amide bonds. The first kappa shape index (κ1) is 13.3. The minimum atomic E-state index is -3.59. The van der Waals surface area contributed by atoms with Gasteiger partial charge >= 0.3 is 0 Å². The molecule has 98 valence electrons. The Balaban J connectivity index is 2.08. The summed E-state index contributed by atoms with van der Waals surface area (Å²) >= 11 is 0. The molecule has 0 spiro atoms. The fraction of sp³-hybridized carbons (Fsp3) is 0.0714. The minimum Gasteiger partial charge on any atom is -0.200 e. The van der Waals surface area contributed by atoms with E-state index >= 15 is 0 Å². The van der Waals surface area contributed by atoms with Crippen molar-refractivity contribution in [2.75, 3.05) is 0 Å². The van der Waals surface area contributed by atoms with Crippen LogP contribution in [0.25, 0.3) is 0 Å². The third-order valence-corrected chi connectivity index (χ3v) is 3.76. The molecular formula is C14H14N2O2S. The van der Waals surface area contributed by atoms with E-state index in [1.54, 1.807) is 18.2 Å². The molecule has 0 atom stereocenters. The maximum absolute atomic E-state index is 11.9. The lowest BCUT2D eigenvalue weighted by Gasteiger charge is -2.02. The number of benzene rings is 2. The van der Waals surface area contributed by atoms with Crippen LogP contribution in [0.3, 0.4) is 0 Å². The molecule has 0 fully saturated rings. The third kappa shape index (κ3) is 3.66. The third-order valence-electron chi connectivity index (χ3n) is 2.52. The molecule has 0 saturated carbocycles. The van der Waals surface area contributed by atoms with Gasteiger partial charge < -0.3 is 0 Å². The SMILES string of the molecule is Cc1ccc(/C=N\NS(=O)(=O)c2ccccc2)cc1. The van der Waals surface area contributed by atoms with Crippen molar-refractivity contribution in [2.45, 2.75) is 11.8 Å². The molecule has 0 radical (unpaired) electrons. The quantitative estimate of drug-likeness (QED) is 0.687. The summed E-state index contributed by atoms with van der Waals surface area (Å²) in [7, 11) is -3.59. The van der Waals surface area contributed by atoms with Crippen LogP contribution >= 0.6 is 0 Å². The zero-order valence-electron chi connectivity index (χ0n) is 10.4. The summed E-state index contributed by atoms with van der Waals surface area (Å²) in [6, 6.07) is 15.7. The van der Waals surface area contributed by atoms with Gasteiger partial charge in [0, 0.05) is 0 Å². The monoisotopic (exact) mass is 274 g/mol. The summed E-state index contributed by atoms with van der Waals surface area (Å²) in [4.78, 5) is 2.37. The Kier molecular flexibility index (Phi) is 3.97. The molecule has 4 nitrogen and oxygen atoms in total. The van der Waals surface area contributed by atoms with E-state index < -0.39 is 10.0 Å². The standard InChI is InChI=1S/C14H14N2O2S/c1-12-7-9-13(10-8-12)11-15-16-19(17,18)14-5-3-2-4-6-14/h2-11,16H,1H3/b15-11-. The molecule has 0 heterocycles. The highest BCUT2D eigenvalue weighted by Gasteiger charge is 2.10. The number of nitrogens with zero attached hydrogens (tertiary/aromatic N) is 1. The number of nitrogens with one attached hydrogen (secondary N) is 1. The van der Waals surface area contributed by atoms with Gasteiger partial charge in [-0.2, -0.15) is 13.5 Å². The van der Waals surface area contributed by atoms with Crippen molar-refractivity contribution in [1.29, 1.82) is 0 Å². The maximum atomic E-state index is 11.9. The molecule has 0 aromatic heterocycles. The van der Waals surface area contributed by atoms with E-state index in [-0.39, 0.29) is 4.90 Å². The first-order chi connectivity index (χ1) is 9.08. The summed E-state index contributed by atoms with van der Waals surface area (Å²) in [6.07, 6.45) is 1.47. The highest BCUT2D eigenvalue weighted by Crippen LogP contribution is 2.06. The topological polar surface area (TPSA) is 58.5 Å². The van der Waals surface area contributed by atoms with Crippen molar-refractivity contribution >= 4 is 16.2 Å². The summed E-state index contributed by atoms with van der Waals surface area (Å²) < 4.78 is 23.7. The van der Waals surface area contributed by atoms with Gasteiger partial charge in [0.1, 0.15) is 0 Å². The van der Waals surface area contributed by atoms with E-state index in [1.807, 2.05) is 31.2 Å². The molecule has 0 unspecified atom stereocenters. The van der Waals surface area contributed by atoms with Gasteiger partial charge in [0.15, 0.2) is 0 Å². The molecule has 19 heavy (non-hydrogen) atoms. The Morgan fingerprint density at radius 1 is 1.00 bits per heavy atom. The van der Waals surface area contributed by atoms with Gasteiger partial charge in [0.25, 0.3) is 10.0 Å². The lowest BCUT2D eigenvalue weighted by molar-refractivity contribution is 0.584. The molecule has 2 rings (SSSR count). The molecule has 0 aliphatic rings. The first-order valence-electron chi connectivity index (χ1n) is 5.74. The predicted octanol–water partition coefficient (Wildman–Crippen LogP) is 2.31. The molecule has 0 saturated heterocycles. The maximum Gasteiger partial charge on any atom is 0.276 e. The predicted molar refractivity (Wildman–Crippen MR) is 75.5 cm³/mol. The van der Waals surface area contributed by atoms with E-state index in [0.717, 1.165) is 11.1 Å². The van der Waals surface area contributed by atoms with Crippen LogP contribution in [0.1, 0.15) is 11.1 Å². The van der Waals surface area contributed by atoms with Crippen molar-refractivity contribution in [2.24, 2.45) is 5.10 Å². The Bertz CT molecular complexity index is 662. The molecule has 0 bridgehead atoms. The molecular weight excluding hydrogens is 260 g/mol. The van der Waals surface area contributed by atoms with E-state index in [9.17, 15) is 8.42 Å². The van der Waals surface area contributed by atoms with Crippen LogP contribution in [0.5, 0.6) is 0 Å². The van der Waals surface area contributed by atoms with Crippen molar-refractivity contribution < 1.29 is 8.42 Å². The van der Waals surface area contributed by atoms with Gasteiger partial charge in [-0.05, 0) is 24.6 Å². The molecule has 0 aliphatic heterocycles. The Morgan fingerprint density at radius 2 is 1.63 bits per heavy atom. The molecule has 2 aromatic carbocycles. The van der Waals surface area contributed by atoms with E-state index in [2.05, 4.69) is 9.93 Å². The second kappa shape index (κ2) is 5.67. The van der Waals surface area contributed by atoms with Gasteiger partial charge in [-0.1, -0.05) is 48.0 Å². The highest BCUT2D eigenvalue weighted by atomic mass is 32.2. The van der Waals surface area contributed by atoms with Crippen LogP contribution in [0.2, 0.25) is 0 Å². The first-order valence-corrected chi connectivity index (χ1v) is 7.23. The minimum absolute atomic E-state index is 0.191. The van der Waals surface area contributed by atoms with Gasteiger partial charge in [0.05, 0.1) is 11.1 Å². The van der Waals surface area contributed by atoms with E-state index in [0.29, 0.717) is 0 Å². The summed E-state index contributed by atoms with van der Waals surface area (Å²) in [5.74, 6) is 0. The normalized spacial score (nSPS) is 11.6. The number of sulfonamides is 1. The number of rotatable bonds is 4. The van der Waals surface area contributed by atoms with Gasteiger partial charge in [0.2, 0.25) is 0 Å². The molecule has 1 N–H and O–H groups in total. The van der Waals surface area contributed by atoms with Crippen molar-refractivity contribution in [3.8, 4) is 0 Å². The highest BCUT2D eigenvalue weighted by molar-refractivity contribution is 7.89. The van der Waals surface area contributed by atoms with Crippen LogP contribution in [0, 0.1) is 6.92 Å². The molecule has 5 heteroatoms. The molecule has 2 aromatic rings. The van der Waals surface area contributed by atoms with Gasteiger partial charge in [-0.15, -0.1) is 0 Å².